The smallest absolute Gasteiger partial charge is 0.335 e. The summed E-state index contributed by atoms with van der Waals surface area (Å²) in [4.78, 5) is 48.3. The number of benzene rings is 2. The van der Waals surface area contributed by atoms with Crippen molar-refractivity contribution in [2.24, 2.45) is 0 Å². The van der Waals surface area contributed by atoms with Crippen molar-refractivity contribution in [3.05, 3.63) is 82.9 Å². The first-order valence-electron chi connectivity index (χ1n) is 11.8. The maximum absolute atomic E-state index is 11.6. The van der Waals surface area contributed by atoms with Gasteiger partial charge >= 0.3 is 23.9 Å². The van der Waals surface area contributed by atoms with E-state index in [4.69, 9.17) is 0 Å². The molecule has 206 valence electrons. The lowest BCUT2D eigenvalue weighted by atomic mass is 10.1. The normalized spacial score (nSPS) is 10.9. The van der Waals surface area contributed by atoms with Crippen LogP contribution in [0.25, 0.3) is 40.7 Å². The van der Waals surface area contributed by atoms with Crippen LogP contribution in [0.4, 0.5) is 0 Å². The van der Waals surface area contributed by atoms with Crippen LogP contribution in [0.5, 0.6) is 0 Å². The van der Waals surface area contributed by atoms with Crippen LogP contribution in [-0.2, 0) is 22.4 Å². The predicted molar refractivity (Wildman–Crippen MR) is 154 cm³/mol. The zero-order valence-electron chi connectivity index (χ0n) is 20.7. The summed E-state index contributed by atoms with van der Waals surface area (Å²) in [6.45, 7) is 0. The van der Waals surface area contributed by atoms with Crippen molar-refractivity contribution in [1.29, 1.82) is 0 Å². The molecule has 0 saturated heterocycles. The molecule has 0 atom stereocenters. The first-order chi connectivity index (χ1) is 19.6. The lowest BCUT2D eigenvalue weighted by molar-refractivity contribution is -0.137. The van der Waals surface area contributed by atoms with Gasteiger partial charge < -0.3 is 20.4 Å². The quantitative estimate of drug-likeness (QED) is 0.148. The third kappa shape index (κ3) is 6.06. The minimum absolute atomic E-state index is 0.135. The predicted octanol–water partition coefficient (Wildman–Crippen LogP) is 5.98. The van der Waals surface area contributed by atoms with E-state index in [9.17, 15) is 39.6 Å². The lowest BCUT2D eigenvalue weighted by Gasteiger charge is -1.98. The van der Waals surface area contributed by atoms with Gasteiger partial charge in [-0.25, -0.2) is 9.59 Å². The molecule has 2 aromatic carbocycles. The molecule has 3 aromatic heterocycles. The molecule has 10 nitrogen and oxygen atoms in total. The molecule has 3 heterocycles. The van der Waals surface area contributed by atoms with Crippen molar-refractivity contribution < 1.29 is 39.6 Å². The summed E-state index contributed by atoms with van der Waals surface area (Å²) in [7, 11) is 0. The number of aliphatic carboxylic acids is 2. The van der Waals surface area contributed by atoms with Crippen molar-refractivity contribution in [2.75, 3.05) is 0 Å². The van der Waals surface area contributed by atoms with Gasteiger partial charge in [0.15, 0.2) is 10.0 Å². The van der Waals surface area contributed by atoms with Gasteiger partial charge in [0.25, 0.3) is 0 Å². The Kier molecular flexibility index (Phi) is 7.75. The lowest BCUT2D eigenvalue weighted by Crippen LogP contribution is -1.99. The number of hydrogen-bond donors (Lipinski definition) is 4. The number of thiophene rings is 2. The fourth-order valence-electron chi connectivity index (χ4n) is 4.05. The maximum Gasteiger partial charge on any atom is 0.335 e. The third-order valence-electron chi connectivity index (χ3n) is 5.95. The minimum Gasteiger partial charge on any atom is -0.481 e. The van der Waals surface area contributed by atoms with Gasteiger partial charge in [0, 0.05) is 9.75 Å². The Morgan fingerprint density at radius 3 is 1.24 bits per heavy atom. The third-order valence-corrected chi connectivity index (χ3v) is 9.63. The number of rotatable bonds is 10. The van der Waals surface area contributed by atoms with Gasteiger partial charge in [0.1, 0.15) is 0 Å². The van der Waals surface area contributed by atoms with Gasteiger partial charge in [-0.3, -0.25) is 9.59 Å². The first-order valence-corrected chi connectivity index (χ1v) is 14.2. The van der Waals surface area contributed by atoms with E-state index in [-0.39, 0.29) is 24.0 Å². The summed E-state index contributed by atoms with van der Waals surface area (Å²) in [5, 5.41) is 46.9. The molecule has 5 rings (SSSR count). The second kappa shape index (κ2) is 11.4. The largest absolute Gasteiger partial charge is 0.481 e. The van der Waals surface area contributed by atoms with Crippen molar-refractivity contribution in [2.45, 2.75) is 12.8 Å². The topological polar surface area (TPSA) is 175 Å². The van der Waals surface area contributed by atoms with E-state index in [0.29, 0.717) is 30.9 Å². The Bertz CT molecular complexity index is 1670. The zero-order valence-corrected chi connectivity index (χ0v) is 23.2. The first kappa shape index (κ1) is 27.8. The van der Waals surface area contributed by atoms with E-state index in [0.717, 1.165) is 20.9 Å². The summed E-state index contributed by atoms with van der Waals surface area (Å²) in [5.74, 6) is -4.15. The Morgan fingerprint density at radius 2 is 0.927 bits per heavy atom. The van der Waals surface area contributed by atoms with Crippen LogP contribution in [0.1, 0.15) is 31.8 Å². The number of carbonyl (C=O) groups is 4. The van der Waals surface area contributed by atoms with E-state index < -0.39 is 23.9 Å². The van der Waals surface area contributed by atoms with E-state index in [1.165, 1.54) is 58.3 Å². The number of nitrogens with zero attached hydrogens (tertiary/aromatic N) is 2. The molecular weight excluding hydrogens is 589 g/mol. The van der Waals surface area contributed by atoms with Crippen LogP contribution in [0.3, 0.4) is 0 Å². The molecule has 0 amide bonds. The molecule has 0 radical (unpaired) electrons. The molecule has 0 spiro atoms. The molecule has 5 aromatic rings. The van der Waals surface area contributed by atoms with E-state index in [2.05, 4.69) is 10.2 Å². The summed E-state index contributed by atoms with van der Waals surface area (Å²) < 4.78 is 0. The number of aromatic carboxylic acids is 2. The molecule has 13 heteroatoms. The molecule has 0 saturated carbocycles. The standard InChI is InChI=1S/C28H18N2O8S3/c31-21(32)11-17-9-19(13-1-5-15(6-2-13)27(35)36)39-23(17)25-29-30-26(41-25)24-18(12-22(33)34)10-20(40-24)14-3-7-16(8-4-14)28(37)38/h1-10H,11-12H2,(H,31,32)(H,33,34)(H,35,36)(H,37,38). The van der Waals surface area contributed by atoms with Gasteiger partial charge in [0.2, 0.25) is 0 Å². The molecule has 0 aliphatic carbocycles. The zero-order chi connectivity index (χ0) is 29.3. The van der Waals surface area contributed by atoms with Crippen LogP contribution in [-0.4, -0.2) is 54.5 Å². The van der Waals surface area contributed by atoms with Gasteiger partial charge in [-0.1, -0.05) is 35.6 Å². The molecule has 0 unspecified atom stereocenters. The Morgan fingerprint density at radius 1 is 0.561 bits per heavy atom. The van der Waals surface area contributed by atoms with Crippen molar-refractivity contribution in [3.8, 4) is 40.7 Å². The highest BCUT2D eigenvalue weighted by molar-refractivity contribution is 7.27. The van der Waals surface area contributed by atoms with Gasteiger partial charge in [0.05, 0.1) is 33.7 Å². The van der Waals surface area contributed by atoms with Crippen LogP contribution in [0, 0.1) is 0 Å². The SMILES string of the molecule is O=C(O)Cc1cc(-c2ccc(C(=O)O)cc2)sc1-c1nnc(-c2sc(-c3ccc(C(=O)O)cc3)cc2CC(=O)O)s1. The van der Waals surface area contributed by atoms with Gasteiger partial charge in [-0.2, -0.15) is 0 Å². The van der Waals surface area contributed by atoms with E-state index in [1.54, 1.807) is 36.4 Å². The number of carboxylic acid groups (broad SMARTS) is 4. The summed E-state index contributed by atoms with van der Waals surface area (Å²) in [6, 6.07) is 16.0. The summed E-state index contributed by atoms with van der Waals surface area (Å²) in [5.41, 5.74) is 2.77. The highest BCUT2D eigenvalue weighted by Crippen LogP contribution is 2.44. The highest BCUT2D eigenvalue weighted by atomic mass is 32.1. The number of hydrogen-bond acceptors (Lipinski definition) is 9. The molecule has 0 bridgehead atoms. The monoisotopic (exact) mass is 606 g/mol. The average Bonchev–Trinajstić information content (AvgIpc) is 3.67. The van der Waals surface area contributed by atoms with Crippen LogP contribution in [0.15, 0.2) is 60.7 Å². The van der Waals surface area contributed by atoms with Crippen LogP contribution in [0.2, 0.25) is 0 Å². The molecule has 41 heavy (non-hydrogen) atoms. The van der Waals surface area contributed by atoms with Crippen molar-refractivity contribution in [1.82, 2.24) is 10.2 Å². The van der Waals surface area contributed by atoms with E-state index in [1.807, 2.05) is 0 Å². The van der Waals surface area contributed by atoms with Gasteiger partial charge in [-0.05, 0) is 58.7 Å². The Labute approximate surface area is 243 Å². The van der Waals surface area contributed by atoms with Crippen molar-refractivity contribution >= 4 is 57.9 Å². The molecule has 0 aliphatic rings. The molecule has 0 fully saturated rings. The van der Waals surface area contributed by atoms with Gasteiger partial charge in [-0.15, -0.1) is 32.9 Å². The van der Waals surface area contributed by atoms with Crippen LogP contribution >= 0.6 is 34.0 Å². The molecular formula is C28H18N2O8S3. The Balaban J connectivity index is 1.53. The maximum atomic E-state index is 11.6. The summed E-state index contributed by atoms with van der Waals surface area (Å²) >= 11 is 3.83. The number of aromatic nitrogens is 2. The van der Waals surface area contributed by atoms with Crippen LogP contribution < -0.4 is 0 Å². The van der Waals surface area contributed by atoms with E-state index >= 15 is 0 Å². The molecule has 4 N–H and O–H groups in total. The highest BCUT2D eigenvalue weighted by Gasteiger charge is 2.22. The number of carboxylic acids is 4. The fourth-order valence-corrected chi connectivity index (χ4v) is 7.48. The second-order valence-electron chi connectivity index (χ2n) is 8.75. The molecule has 0 aliphatic heterocycles. The minimum atomic E-state index is -1.05. The Hall–Kier alpha value is -4.72. The summed E-state index contributed by atoms with van der Waals surface area (Å²) in [6.07, 6.45) is -0.512. The average molecular weight is 607 g/mol. The fraction of sp³-hybridized carbons (Fsp3) is 0.0714. The van der Waals surface area contributed by atoms with Crippen molar-refractivity contribution in [3.63, 3.8) is 0 Å². The second-order valence-corrected chi connectivity index (χ2v) is 11.8.